The molecule has 0 aliphatic heterocycles. The van der Waals surface area contributed by atoms with Crippen LogP contribution in [0.2, 0.25) is 0 Å². The molecule has 24 heavy (non-hydrogen) atoms. The van der Waals surface area contributed by atoms with E-state index in [0.29, 0.717) is 17.6 Å². The predicted molar refractivity (Wildman–Crippen MR) is 89.3 cm³/mol. The van der Waals surface area contributed by atoms with Crippen molar-refractivity contribution < 1.29 is 18.8 Å². The number of aryl methyl sites for hydroxylation is 1. The van der Waals surface area contributed by atoms with E-state index in [2.05, 4.69) is 15.5 Å². The van der Waals surface area contributed by atoms with Crippen molar-refractivity contribution in [2.45, 2.75) is 39.7 Å². The number of carbonyl (C=O) groups is 2. The van der Waals surface area contributed by atoms with Gasteiger partial charge in [0.05, 0.1) is 11.3 Å². The van der Waals surface area contributed by atoms with Crippen LogP contribution in [0.5, 0.6) is 0 Å². The highest BCUT2D eigenvalue weighted by atomic mass is 32.1. The van der Waals surface area contributed by atoms with Crippen LogP contribution in [0.1, 0.15) is 33.1 Å². The van der Waals surface area contributed by atoms with Crippen LogP contribution in [0.4, 0.5) is 0 Å². The third-order valence-corrected chi connectivity index (χ3v) is 4.37. The normalized spacial score (nSPS) is 12.2. The molecule has 1 amide bonds. The molecule has 0 aliphatic carbocycles. The maximum atomic E-state index is 11.7. The second-order valence-corrected chi connectivity index (χ2v) is 6.70. The van der Waals surface area contributed by atoms with Crippen LogP contribution in [-0.2, 0) is 20.7 Å². The first-order valence-corrected chi connectivity index (χ1v) is 8.65. The zero-order valence-electron chi connectivity index (χ0n) is 13.9. The van der Waals surface area contributed by atoms with E-state index in [1.165, 1.54) is 11.3 Å². The maximum absolute atomic E-state index is 11.7. The van der Waals surface area contributed by atoms with Gasteiger partial charge in [0, 0.05) is 12.5 Å². The SMILES string of the molecule is CC(C)C(C)NC(=O)COC(=O)CCc1nc(-c2cccs2)no1. The van der Waals surface area contributed by atoms with Crippen molar-refractivity contribution in [3.05, 3.63) is 23.4 Å². The Morgan fingerprint density at radius 2 is 2.17 bits per heavy atom. The van der Waals surface area contributed by atoms with Crippen molar-refractivity contribution in [3.8, 4) is 10.7 Å². The minimum atomic E-state index is -0.474. The van der Waals surface area contributed by atoms with E-state index < -0.39 is 5.97 Å². The maximum Gasteiger partial charge on any atom is 0.306 e. The molecule has 7 nitrogen and oxygen atoms in total. The van der Waals surface area contributed by atoms with Gasteiger partial charge >= 0.3 is 5.97 Å². The van der Waals surface area contributed by atoms with Gasteiger partial charge in [-0.1, -0.05) is 25.1 Å². The molecule has 0 bridgehead atoms. The second kappa shape index (κ2) is 8.58. The molecule has 2 rings (SSSR count). The summed E-state index contributed by atoms with van der Waals surface area (Å²) in [5, 5.41) is 8.56. The van der Waals surface area contributed by atoms with Gasteiger partial charge in [0.15, 0.2) is 6.61 Å². The second-order valence-electron chi connectivity index (χ2n) is 5.75. The summed E-state index contributed by atoms with van der Waals surface area (Å²) < 4.78 is 10.0. The lowest BCUT2D eigenvalue weighted by Gasteiger charge is -2.17. The van der Waals surface area contributed by atoms with Gasteiger partial charge < -0.3 is 14.6 Å². The number of nitrogens with one attached hydrogen (secondary N) is 1. The first-order valence-electron chi connectivity index (χ1n) is 7.77. The lowest BCUT2D eigenvalue weighted by molar-refractivity contribution is -0.148. The van der Waals surface area contributed by atoms with Crippen LogP contribution in [0, 0.1) is 5.92 Å². The van der Waals surface area contributed by atoms with E-state index in [0.717, 1.165) is 4.88 Å². The van der Waals surface area contributed by atoms with E-state index in [4.69, 9.17) is 9.26 Å². The monoisotopic (exact) mass is 351 g/mol. The average molecular weight is 351 g/mol. The van der Waals surface area contributed by atoms with Crippen molar-refractivity contribution >= 4 is 23.2 Å². The molecule has 0 saturated heterocycles. The average Bonchev–Trinajstić information content (AvgIpc) is 3.21. The molecular weight excluding hydrogens is 330 g/mol. The number of ether oxygens (including phenoxy) is 1. The smallest absolute Gasteiger partial charge is 0.306 e. The van der Waals surface area contributed by atoms with Gasteiger partial charge in [-0.2, -0.15) is 4.98 Å². The number of thiophene rings is 1. The van der Waals surface area contributed by atoms with E-state index in [1.807, 2.05) is 38.3 Å². The van der Waals surface area contributed by atoms with E-state index >= 15 is 0 Å². The van der Waals surface area contributed by atoms with Crippen molar-refractivity contribution in [1.29, 1.82) is 0 Å². The molecule has 1 atom stereocenters. The highest BCUT2D eigenvalue weighted by Gasteiger charge is 2.14. The van der Waals surface area contributed by atoms with Crippen LogP contribution >= 0.6 is 11.3 Å². The Balaban J connectivity index is 1.71. The van der Waals surface area contributed by atoms with E-state index in [1.54, 1.807) is 0 Å². The van der Waals surface area contributed by atoms with Crippen LogP contribution in [0.15, 0.2) is 22.0 Å². The Morgan fingerprint density at radius 3 is 2.83 bits per heavy atom. The number of aromatic nitrogens is 2. The number of carbonyl (C=O) groups excluding carboxylic acids is 2. The summed E-state index contributed by atoms with van der Waals surface area (Å²) in [5.74, 6) is 0.420. The largest absolute Gasteiger partial charge is 0.456 e. The molecule has 0 radical (unpaired) electrons. The third kappa shape index (κ3) is 5.45. The lowest BCUT2D eigenvalue weighted by Crippen LogP contribution is -2.38. The third-order valence-electron chi connectivity index (χ3n) is 3.51. The molecule has 1 N–H and O–H groups in total. The minimum Gasteiger partial charge on any atom is -0.456 e. The first kappa shape index (κ1) is 18.1. The Hall–Kier alpha value is -2.22. The Morgan fingerprint density at radius 1 is 1.38 bits per heavy atom. The Labute approximate surface area is 144 Å². The molecule has 0 saturated carbocycles. The van der Waals surface area contributed by atoms with Crippen LogP contribution in [-0.4, -0.2) is 34.7 Å². The zero-order valence-corrected chi connectivity index (χ0v) is 14.8. The molecule has 130 valence electrons. The van der Waals surface area contributed by atoms with Gasteiger partial charge in [-0.25, -0.2) is 0 Å². The van der Waals surface area contributed by atoms with Crippen molar-refractivity contribution in [3.63, 3.8) is 0 Å². The summed E-state index contributed by atoms with van der Waals surface area (Å²) in [5.41, 5.74) is 0. The number of nitrogens with zero attached hydrogens (tertiary/aromatic N) is 2. The molecule has 0 spiro atoms. The van der Waals surface area contributed by atoms with E-state index in [9.17, 15) is 9.59 Å². The summed E-state index contributed by atoms with van der Waals surface area (Å²) in [6.45, 7) is 5.64. The highest BCUT2D eigenvalue weighted by molar-refractivity contribution is 7.13. The standard InChI is InChI=1S/C16H21N3O4S/c1-10(2)11(3)17-13(20)9-22-15(21)7-6-14-18-16(19-23-14)12-5-4-8-24-12/h4-5,8,10-11H,6-7,9H2,1-3H3,(H,17,20). The van der Waals surface area contributed by atoms with Crippen LogP contribution < -0.4 is 5.32 Å². The number of amides is 1. The molecule has 0 aromatic carbocycles. The highest BCUT2D eigenvalue weighted by Crippen LogP contribution is 2.21. The fourth-order valence-corrected chi connectivity index (χ4v) is 2.40. The van der Waals surface area contributed by atoms with Gasteiger partial charge in [-0.05, 0) is 24.3 Å². The summed E-state index contributed by atoms with van der Waals surface area (Å²) in [6, 6.07) is 3.83. The molecular formula is C16H21N3O4S. The minimum absolute atomic E-state index is 0.0327. The molecule has 0 fully saturated rings. The van der Waals surface area contributed by atoms with E-state index in [-0.39, 0.29) is 31.4 Å². The van der Waals surface area contributed by atoms with Crippen molar-refractivity contribution in [2.24, 2.45) is 5.92 Å². The Bertz CT molecular complexity index is 667. The van der Waals surface area contributed by atoms with Gasteiger partial charge in [-0.3, -0.25) is 9.59 Å². The Kier molecular flexibility index (Phi) is 6.48. The number of hydrogen-bond acceptors (Lipinski definition) is 7. The molecule has 0 aliphatic rings. The van der Waals surface area contributed by atoms with Crippen LogP contribution in [0.3, 0.4) is 0 Å². The zero-order chi connectivity index (χ0) is 17.5. The summed E-state index contributed by atoms with van der Waals surface area (Å²) in [6.07, 6.45) is 0.361. The van der Waals surface area contributed by atoms with Gasteiger partial charge in [0.2, 0.25) is 11.7 Å². The number of rotatable bonds is 8. The van der Waals surface area contributed by atoms with Gasteiger partial charge in [0.1, 0.15) is 0 Å². The summed E-state index contributed by atoms with van der Waals surface area (Å²) in [7, 11) is 0. The number of hydrogen-bond donors (Lipinski definition) is 1. The van der Waals surface area contributed by atoms with Crippen molar-refractivity contribution in [1.82, 2.24) is 15.5 Å². The van der Waals surface area contributed by atoms with Gasteiger partial charge in [-0.15, -0.1) is 11.3 Å². The van der Waals surface area contributed by atoms with Crippen LogP contribution in [0.25, 0.3) is 10.7 Å². The molecule has 2 aromatic heterocycles. The lowest BCUT2D eigenvalue weighted by atomic mass is 10.1. The summed E-state index contributed by atoms with van der Waals surface area (Å²) in [4.78, 5) is 28.5. The first-order chi connectivity index (χ1) is 11.5. The number of esters is 1. The molecule has 1 unspecified atom stereocenters. The summed E-state index contributed by atoms with van der Waals surface area (Å²) >= 11 is 1.51. The van der Waals surface area contributed by atoms with Crippen molar-refractivity contribution in [2.75, 3.05) is 6.61 Å². The molecule has 2 aromatic rings. The fourth-order valence-electron chi connectivity index (χ4n) is 1.75. The fraction of sp³-hybridized carbons (Fsp3) is 0.500. The molecule has 8 heteroatoms. The quantitative estimate of drug-likeness (QED) is 0.734. The van der Waals surface area contributed by atoms with Gasteiger partial charge in [0.25, 0.3) is 5.91 Å². The predicted octanol–water partition coefficient (Wildman–Crippen LogP) is 2.43. The molecule has 2 heterocycles. The topological polar surface area (TPSA) is 94.3 Å².